The maximum atomic E-state index is 13.5. The molecule has 0 aliphatic rings. The lowest BCUT2D eigenvalue weighted by atomic mass is 9.98. The maximum Gasteiger partial charge on any atom is 0.320 e. The Hall–Kier alpha value is -2.76. The molecular formula is C20H20F2N2O2. The lowest BCUT2D eigenvalue weighted by molar-refractivity contribution is -0.149. The van der Waals surface area contributed by atoms with Gasteiger partial charge in [-0.3, -0.25) is 9.36 Å². The predicted octanol–water partition coefficient (Wildman–Crippen LogP) is 5.23. The molecular weight excluding hydrogens is 338 g/mol. The fourth-order valence-electron chi connectivity index (χ4n) is 3.00. The highest BCUT2D eigenvalue weighted by atomic mass is 19.3. The van der Waals surface area contributed by atoms with Crippen LogP contribution in [0.2, 0.25) is 0 Å². The van der Waals surface area contributed by atoms with Gasteiger partial charge in [0.2, 0.25) is 0 Å². The first-order valence-electron chi connectivity index (χ1n) is 8.46. The van der Waals surface area contributed by atoms with Gasteiger partial charge in [-0.2, -0.15) is 8.78 Å². The third kappa shape index (κ3) is 3.74. The molecule has 0 fully saturated rings. The van der Waals surface area contributed by atoms with Crippen LogP contribution in [0.25, 0.3) is 11.0 Å². The van der Waals surface area contributed by atoms with Crippen molar-refractivity contribution in [2.24, 2.45) is 0 Å². The second-order valence-corrected chi connectivity index (χ2v) is 6.25. The highest BCUT2D eigenvalue weighted by Gasteiger charge is 2.24. The van der Waals surface area contributed by atoms with Gasteiger partial charge in [0, 0.05) is 0 Å². The Kier molecular flexibility index (Phi) is 5.30. The second-order valence-electron chi connectivity index (χ2n) is 6.25. The van der Waals surface area contributed by atoms with Crippen molar-refractivity contribution in [3.05, 3.63) is 66.0 Å². The molecule has 0 radical (unpaired) electrons. The average Bonchev–Trinajstić information content (AvgIpc) is 3.02. The van der Waals surface area contributed by atoms with Gasteiger partial charge in [0.15, 0.2) is 11.9 Å². The molecule has 0 saturated heterocycles. The van der Waals surface area contributed by atoms with E-state index in [9.17, 15) is 13.6 Å². The molecule has 2 atom stereocenters. The summed E-state index contributed by atoms with van der Waals surface area (Å²) in [5.74, 6) is -0.423. The molecule has 1 heterocycles. The van der Waals surface area contributed by atoms with Gasteiger partial charge in [0.05, 0.1) is 17.5 Å². The minimum atomic E-state index is -2.76. The van der Waals surface area contributed by atoms with Crippen LogP contribution in [0.5, 0.6) is 0 Å². The third-order valence-corrected chi connectivity index (χ3v) is 4.33. The summed E-state index contributed by atoms with van der Waals surface area (Å²) in [5, 5.41) is 0. The van der Waals surface area contributed by atoms with Crippen LogP contribution in [0.3, 0.4) is 0 Å². The van der Waals surface area contributed by atoms with Gasteiger partial charge in [0.1, 0.15) is 0 Å². The van der Waals surface area contributed by atoms with Gasteiger partial charge in [0.25, 0.3) is 0 Å². The van der Waals surface area contributed by atoms with E-state index in [1.54, 1.807) is 31.2 Å². The van der Waals surface area contributed by atoms with Crippen molar-refractivity contribution < 1.29 is 18.3 Å². The number of hydrogen-bond acceptors (Lipinski definition) is 3. The van der Waals surface area contributed by atoms with Crippen molar-refractivity contribution in [1.82, 2.24) is 9.55 Å². The van der Waals surface area contributed by atoms with Crippen LogP contribution in [0.4, 0.5) is 8.78 Å². The van der Waals surface area contributed by atoms with Crippen LogP contribution >= 0.6 is 0 Å². The van der Waals surface area contributed by atoms with Crippen molar-refractivity contribution in [3.63, 3.8) is 0 Å². The Balaban J connectivity index is 1.75. The molecule has 3 rings (SSSR count). The highest BCUT2D eigenvalue weighted by molar-refractivity contribution is 5.76. The van der Waals surface area contributed by atoms with Gasteiger partial charge in [-0.1, -0.05) is 49.4 Å². The number of aromatic nitrogens is 2. The van der Waals surface area contributed by atoms with E-state index in [0.717, 1.165) is 10.1 Å². The number of nitrogens with zero attached hydrogens (tertiary/aromatic N) is 2. The molecule has 0 bridgehead atoms. The van der Waals surface area contributed by atoms with E-state index in [4.69, 9.17) is 4.74 Å². The van der Waals surface area contributed by atoms with Crippen molar-refractivity contribution >= 4 is 17.0 Å². The van der Waals surface area contributed by atoms with Gasteiger partial charge in [-0.15, -0.1) is 0 Å². The van der Waals surface area contributed by atoms with Crippen molar-refractivity contribution in [3.8, 4) is 0 Å². The van der Waals surface area contributed by atoms with Crippen molar-refractivity contribution in [2.45, 2.75) is 38.8 Å². The standard InChI is InChI=1S/C20H20F2N2O2/c1-13(15-8-4-3-5-9-15)12-18(25)26-14(2)19-23-16-10-6-7-11-17(16)24(19)20(21)22/h3-11,13-14,20H,12H2,1-2H3. The van der Waals surface area contributed by atoms with Crippen LogP contribution in [0.1, 0.15) is 50.2 Å². The molecule has 1 aromatic heterocycles. The zero-order valence-electron chi connectivity index (χ0n) is 14.6. The first-order valence-corrected chi connectivity index (χ1v) is 8.46. The van der Waals surface area contributed by atoms with Crippen LogP contribution in [0.15, 0.2) is 54.6 Å². The number of ether oxygens (including phenoxy) is 1. The van der Waals surface area contributed by atoms with E-state index in [-0.39, 0.29) is 18.2 Å². The molecule has 26 heavy (non-hydrogen) atoms. The van der Waals surface area contributed by atoms with E-state index in [2.05, 4.69) is 4.98 Å². The summed E-state index contributed by atoms with van der Waals surface area (Å²) in [6.07, 6.45) is -0.699. The molecule has 0 spiro atoms. The normalized spacial score (nSPS) is 13.7. The Morgan fingerprint density at radius 2 is 1.73 bits per heavy atom. The van der Waals surface area contributed by atoms with Gasteiger partial charge < -0.3 is 4.74 Å². The van der Waals surface area contributed by atoms with E-state index >= 15 is 0 Å². The summed E-state index contributed by atoms with van der Waals surface area (Å²) in [7, 11) is 0. The average molecular weight is 358 g/mol. The number of benzene rings is 2. The molecule has 2 unspecified atom stereocenters. The number of esters is 1. The van der Waals surface area contributed by atoms with Crippen LogP contribution in [-0.2, 0) is 9.53 Å². The van der Waals surface area contributed by atoms with E-state index in [0.29, 0.717) is 11.0 Å². The van der Waals surface area contributed by atoms with Crippen molar-refractivity contribution in [2.75, 3.05) is 0 Å². The molecule has 4 nitrogen and oxygen atoms in total. The molecule has 0 aliphatic heterocycles. The molecule has 6 heteroatoms. The molecule has 2 aromatic carbocycles. The summed E-state index contributed by atoms with van der Waals surface area (Å²) >= 11 is 0. The van der Waals surface area contributed by atoms with E-state index in [1.807, 2.05) is 37.3 Å². The number of imidazole rings is 1. The Bertz CT molecular complexity index is 893. The lowest BCUT2D eigenvalue weighted by Gasteiger charge is -2.17. The molecule has 0 aliphatic carbocycles. The second kappa shape index (κ2) is 7.64. The van der Waals surface area contributed by atoms with Crippen LogP contribution in [-0.4, -0.2) is 15.5 Å². The molecule has 3 aromatic rings. The molecule has 136 valence electrons. The van der Waals surface area contributed by atoms with Gasteiger partial charge >= 0.3 is 12.5 Å². The van der Waals surface area contributed by atoms with E-state index < -0.39 is 18.6 Å². The first-order chi connectivity index (χ1) is 12.5. The number of hydrogen-bond donors (Lipinski definition) is 0. The fourth-order valence-corrected chi connectivity index (χ4v) is 3.00. The Morgan fingerprint density at radius 1 is 1.08 bits per heavy atom. The Morgan fingerprint density at radius 3 is 2.42 bits per heavy atom. The molecule has 0 amide bonds. The number of para-hydroxylation sites is 2. The zero-order chi connectivity index (χ0) is 18.7. The first kappa shape index (κ1) is 18.0. The highest BCUT2D eigenvalue weighted by Crippen LogP contribution is 2.29. The third-order valence-electron chi connectivity index (χ3n) is 4.33. The van der Waals surface area contributed by atoms with Crippen molar-refractivity contribution in [1.29, 1.82) is 0 Å². The number of alkyl halides is 2. The summed E-state index contributed by atoms with van der Waals surface area (Å²) in [4.78, 5) is 16.5. The number of carbonyl (C=O) groups excluding carboxylic acids is 1. The number of fused-ring (bicyclic) bond motifs is 1. The van der Waals surface area contributed by atoms with Gasteiger partial charge in [-0.25, -0.2) is 4.98 Å². The minimum absolute atomic E-state index is 0.0233. The lowest BCUT2D eigenvalue weighted by Crippen LogP contribution is -2.15. The number of carbonyl (C=O) groups is 1. The van der Waals surface area contributed by atoms with Crippen LogP contribution < -0.4 is 0 Å². The summed E-state index contributed by atoms with van der Waals surface area (Å²) in [6.45, 7) is 0.725. The quantitative estimate of drug-likeness (QED) is 0.567. The molecule has 0 N–H and O–H groups in total. The molecule has 0 saturated carbocycles. The summed E-state index contributed by atoms with van der Waals surface area (Å²) in [6, 6.07) is 16.2. The fraction of sp³-hybridized carbons (Fsp3) is 0.300. The largest absolute Gasteiger partial charge is 0.454 e. The summed E-state index contributed by atoms with van der Waals surface area (Å²) < 4.78 is 33.2. The van der Waals surface area contributed by atoms with E-state index in [1.165, 1.54) is 0 Å². The zero-order valence-corrected chi connectivity index (χ0v) is 14.6. The number of halogens is 2. The predicted molar refractivity (Wildman–Crippen MR) is 95.0 cm³/mol. The number of rotatable bonds is 6. The van der Waals surface area contributed by atoms with Crippen LogP contribution in [0, 0.1) is 0 Å². The summed E-state index contributed by atoms with van der Waals surface area (Å²) in [5.41, 5.74) is 1.79. The maximum absolute atomic E-state index is 13.5. The SMILES string of the molecule is CC(CC(=O)OC(C)c1nc2ccccc2n1C(F)F)c1ccccc1. The Labute approximate surface area is 150 Å². The smallest absolute Gasteiger partial charge is 0.320 e. The minimum Gasteiger partial charge on any atom is -0.454 e. The topological polar surface area (TPSA) is 44.1 Å². The monoisotopic (exact) mass is 358 g/mol. The van der Waals surface area contributed by atoms with Gasteiger partial charge in [-0.05, 0) is 30.5 Å².